The van der Waals surface area contributed by atoms with Crippen molar-refractivity contribution in [2.45, 2.75) is 31.0 Å². The zero-order valence-electron chi connectivity index (χ0n) is 24.1. The third kappa shape index (κ3) is 5.98. The molecule has 3 aromatic carbocycles. The number of anilines is 1. The van der Waals surface area contributed by atoms with Crippen LogP contribution in [0.15, 0.2) is 97.3 Å². The third-order valence-electron chi connectivity index (χ3n) is 7.38. The van der Waals surface area contributed by atoms with Crippen LogP contribution in [0.4, 0.5) is 5.95 Å². The highest BCUT2D eigenvalue weighted by molar-refractivity contribution is 6.33. The molecule has 5 aromatic rings. The largest absolute Gasteiger partial charge is 0.459 e. The number of nitrogens with one attached hydrogen (secondary N) is 1. The molecule has 2 N–H and O–H groups in total. The van der Waals surface area contributed by atoms with Gasteiger partial charge in [-0.2, -0.15) is 9.97 Å². The maximum Gasteiger partial charge on any atom is 0.338 e. The molecule has 0 unspecified atom stereocenters. The van der Waals surface area contributed by atoms with Crippen molar-refractivity contribution in [1.82, 2.24) is 19.5 Å². The molecule has 0 radical (unpaired) electrons. The first kappa shape index (κ1) is 30.6. The van der Waals surface area contributed by atoms with Gasteiger partial charge in [0.2, 0.25) is 5.95 Å². The maximum atomic E-state index is 13.6. The number of benzene rings is 3. The molecule has 1 aliphatic rings. The quantitative estimate of drug-likeness (QED) is 0.0970. The first-order chi connectivity index (χ1) is 22.3. The van der Waals surface area contributed by atoms with E-state index in [2.05, 4.69) is 15.0 Å². The average molecular weight is 644 g/mol. The van der Waals surface area contributed by atoms with Crippen LogP contribution in [0.2, 0.25) is 5.15 Å². The number of ether oxygens (including phenoxy) is 4. The second-order valence-electron chi connectivity index (χ2n) is 10.4. The summed E-state index contributed by atoms with van der Waals surface area (Å²) < 4.78 is 25.6. The second kappa shape index (κ2) is 12.9. The minimum atomic E-state index is -1.78. The van der Waals surface area contributed by atoms with Gasteiger partial charge in [0.25, 0.3) is 0 Å². The summed E-state index contributed by atoms with van der Waals surface area (Å²) in [6.07, 6.45) is -2.41. The van der Waals surface area contributed by atoms with Crippen molar-refractivity contribution in [1.29, 1.82) is 0 Å². The predicted octanol–water partition coefficient (Wildman–Crippen LogP) is 4.88. The number of imidazole rings is 1. The number of carbonyl (C=O) groups is 3. The van der Waals surface area contributed by atoms with E-state index in [0.717, 1.165) is 0 Å². The van der Waals surface area contributed by atoms with Gasteiger partial charge in [0.05, 0.1) is 23.0 Å². The van der Waals surface area contributed by atoms with Crippen LogP contribution in [0.5, 0.6) is 0 Å². The van der Waals surface area contributed by atoms with Gasteiger partial charge < -0.3 is 18.9 Å². The Bertz CT molecular complexity index is 1880. The number of nitrogens with zero attached hydrogens (tertiary/aromatic N) is 4. The number of hydrogen-bond acceptors (Lipinski definition) is 12. The zero-order chi connectivity index (χ0) is 32.3. The number of carbonyl (C=O) groups excluding carboxylic acids is 3. The number of aromatic nitrogens is 4. The Morgan fingerprint density at radius 1 is 0.891 bits per heavy atom. The molecule has 14 heteroatoms. The summed E-state index contributed by atoms with van der Waals surface area (Å²) in [5.41, 5.74) is 1.07. The summed E-state index contributed by atoms with van der Waals surface area (Å²) in [5.74, 6) is -2.35. The van der Waals surface area contributed by atoms with E-state index in [9.17, 15) is 19.6 Å². The highest BCUT2D eigenvalue weighted by Gasteiger charge is 2.60. The number of esters is 3. The number of fused-ring (bicyclic) bond motifs is 1. The minimum Gasteiger partial charge on any atom is -0.459 e. The summed E-state index contributed by atoms with van der Waals surface area (Å²) in [7, 11) is 0. The van der Waals surface area contributed by atoms with Gasteiger partial charge in [-0.3, -0.25) is 9.77 Å². The first-order valence-corrected chi connectivity index (χ1v) is 14.4. The molecule has 0 saturated carbocycles. The fourth-order valence-electron chi connectivity index (χ4n) is 5.16. The standard InChI is InChI=1S/C32H26ClN5O8/c1-32(46-29(41)21-15-9-4-10-16-21)24(45-28(40)20-13-7-3-8-14-20)22(17-43-27(39)19-11-5-2-6-12-19)44-30(32)38-18-34-23-25(33)35-31(37-42)36-26(23)38/h2-16,18,22,24,30,42H,17H2,1H3,(H,35,36,37)/t22-,24-,30-,32-/m1/s1. The Morgan fingerprint density at radius 3 is 2.04 bits per heavy atom. The molecule has 234 valence electrons. The van der Waals surface area contributed by atoms with Crippen LogP contribution in [0.1, 0.15) is 44.2 Å². The molecule has 1 fully saturated rings. The SMILES string of the molecule is C[C@@]1(OC(=O)c2ccccc2)[C@H](OC(=O)c2ccccc2)[C@@H](COC(=O)c2ccccc2)O[C@H]1n1cnc2c(Cl)nc(NO)nc21. The first-order valence-electron chi connectivity index (χ1n) is 14.0. The van der Waals surface area contributed by atoms with Gasteiger partial charge in [-0.25, -0.2) is 24.8 Å². The Morgan fingerprint density at radius 2 is 1.46 bits per heavy atom. The number of halogens is 1. The predicted molar refractivity (Wildman–Crippen MR) is 162 cm³/mol. The molecule has 2 aromatic heterocycles. The summed E-state index contributed by atoms with van der Waals surface area (Å²) in [6.45, 7) is 1.14. The van der Waals surface area contributed by atoms with Crippen molar-refractivity contribution in [2.75, 3.05) is 12.1 Å². The van der Waals surface area contributed by atoms with Gasteiger partial charge in [-0.1, -0.05) is 66.2 Å². The average Bonchev–Trinajstić information content (AvgIpc) is 3.63. The fraction of sp³-hybridized carbons (Fsp3) is 0.188. The number of rotatable bonds is 9. The lowest BCUT2D eigenvalue weighted by atomic mass is 9.95. The molecule has 0 spiro atoms. The molecule has 1 aliphatic heterocycles. The molecule has 46 heavy (non-hydrogen) atoms. The van der Waals surface area contributed by atoms with Crippen LogP contribution in [-0.4, -0.2) is 67.1 Å². The van der Waals surface area contributed by atoms with E-state index in [-0.39, 0.29) is 40.0 Å². The molecular weight excluding hydrogens is 618 g/mol. The van der Waals surface area contributed by atoms with Crippen molar-refractivity contribution in [2.24, 2.45) is 0 Å². The lowest BCUT2D eigenvalue weighted by molar-refractivity contribution is -0.108. The summed E-state index contributed by atoms with van der Waals surface area (Å²) in [4.78, 5) is 52.5. The van der Waals surface area contributed by atoms with E-state index in [1.54, 1.807) is 91.0 Å². The Balaban J connectivity index is 1.43. The molecule has 0 aliphatic carbocycles. The lowest BCUT2D eigenvalue weighted by Crippen LogP contribution is -2.50. The minimum absolute atomic E-state index is 0.0818. The van der Waals surface area contributed by atoms with Crippen molar-refractivity contribution in [3.8, 4) is 0 Å². The van der Waals surface area contributed by atoms with Gasteiger partial charge in [-0.15, -0.1) is 0 Å². The molecule has 0 bridgehead atoms. The van der Waals surface area contributed by atoms with Gasteiger partial charge in [-0.05, 0) is 43.3 Å². The van der Waals surface area contributed by atoms with Gasteiger partial charge >= 0.3 is 17.9 Å². The summed E-state index contributed by atoms with van der Waals surface area (Å²) in [5, 5.41) is 9.42. The van der Waals surface area contributed by atoms with Crippen LogP contribution in [0, 0.1) is 0 Å². The summed E-state index contributed by atoms with van der Waals surface area (Å²) in [6, 6.07) is 24.8. The van der Waals surface area contributed by atoms with Crippen LogP contribution in [0.3, 0.4) is 0 Å². The molecular formula is C32H26ClN5O8. The number of hydrogen-bond donors (Lipinski definition) is 2. The third-order valence-corrected chi connectivity index (χ3v) is 7.65. The van der Waals surface area contributed by atoms with Gasteiger partial charge in [0.15, 0.2) is 28.7 Å². The van der Waals surface area contributed by atoms with E-state index < -0.39 is 41.9 Å². The van der Waals surface area contributed by atoms with Crippen LogP contribution in [-0.2, 0) is 18.9 Å². The molecule has 3 heterocycles. The van der Waals surface area contributed by atoms with E-state index >= 15 is 0 Å². The Hall–Kier alpha value is -5.37. The van der Waals surface area contributed by atoms with E-state index in [4.69, 9.17) is 30.5 Å². The fourth-order valence-corrected chi connectivity index (χ4v) is 5.37. The monoisotopic (exact) mass is 643 g/mol. The highest BCUT2D eigenvalue weighted by Crippen LogP contribution is 2.45. The Kier molecular flexibility index (Phi) is 8.61. The second-order valence-corrected chi connectivity index (χ2v) is 10.8. The van der Waals surface area contributed by atoms with E-state index in [1.807, 2.05) is 5.48 Å². The summed E-state index contributed by atoms with van der Waals surface area (Å²) >= 11 is 6.30. The van der Waals surface area contributed by atoms with Crippen molar-refractivity contribution in [3.05, 3.63) is 119 Å². The molecule has 0 amide bonds. The van der Waals surface area contributed by atoms with Crippen LogP contribution >= 0.6 is 11.6 Å². The zero-order valence-corrected chi connectivity index (χ0v) is 24.9. The van der Waals surface area contributed by atoms with Crippen LogP contribution in [0.25, 0.3) is 11.2 Å². The highest BCUT2D eigenvalue weighted by atomic mass is 35.5. The van der Waals surface area contributed by atoms with E-state index in [1.165, 1.54) is 17.8 Å². The van der Waals surface area contributed by atoms with Crippen molar-refractivity contribution in [3.63, 3.8) is 0 Å². The molecule has 13 nitrogen and oxygen atoms in total. The topological polar surface area (TPSA) is 164 Å². The lowest BCUT2D eigenvalue weighted by Gasteiger charge is -2.34. The normalized spacial score (nSPS) is 20.6. The molecule has 4 atom stereocenters. The van der Waals surface area contributed by atoms with Crippen LogP contribution < -0.4 is 5.48 Å². The van der Waals surface area contributed by atoms with Gasteiger partial charge in [0, 0.05) is 0 Å². The van der Waals surface area contributed by atoms with Crippen molar-refractivity contribution >= 4 is 46.6 Å². The molecule has 6 rings (SSSR count). The van der Waals surface area contributed by atoms with E-state index in [0.29, 0.717) is 5.56 Å². The molecule has 1 saturated heterocycles. The van der Waals surface area contributed by atoms with Gasteiger partial charge in [0.1, 0.15) is 18.2 Å². The smallest absolute Gasteiger partial charge is 0.338 e. The van der Waals surface area contributed by atoms with Crippen molar-refractivity contribution < 1.29 is 38.5 Å². The maximum absolute atomic E-state index is 13.6. The Labute approximate surface area is 266 Å².